The molecule has 5 nitrogen and oxygen atoms in total. The van der Waals surface area contributed by atoms with E-state index in [0.717, 1.165) is 38.7 Å². The number of carbonyl (C=O) groups is 1. The molecule has 0 saturated carbocycles. The first kappa shape index (κ1) is 21.0. The lowest BCUT2D eigenvalue weighted by Crippen LogP contribution is -2.26. The second-order valence-electron chi connectivity index (χ2n) is 7.78. The van der Waals surface area contributed by atoms with Gasteiger partial charge in [0.25, 0.3) is 5.91 Å². The van der Waals surface area contributed by atoms with Crippen molar-refractivity contribution in [2.24, 2.45) is 0 Å². The molecule has 5 aromatic rings. The third-order valence-corrected chi connectivity index (χ3v) is 6.05. The molecular formula is C27H22ClN3O2. The zero-order chi connectivity index (χ0) is 22.8. The van der Waals surface area contributed by atoms with Crippen molar-refractivity contribution in [3.05, 3.63) is 95.1 Å². The van der Waals surface area contributed by atoms with Crippen LogP contribution in [0.3, 0.4) is 0 Å². The molecule has 0 aliphatic heterocycles. The highest BCUT2D eigenvalue weighted by Crippen LogP contribution is 2.35. The van der Waals surface area contributed by atoms with Crippen LogP contribution in [0.1, 0.15) is 16.1 Å². The SMILES string of the molecule is COc1ccc(CCNC(=O)c2cc3c([nH]c4ccccc43)c(-c3ccccc3Cl)n2)cc1. The van der Waals surface area contributed by atoms with Gasteiger partial charge in [0.05, 0.1) is 23.3 Å². The zero-order valence-electron chi connectivity index (χ0n) is 18.1. The van der Waals surface area contributed by atoms with E-state index in [9.17, 15) is 4.79 Å². The summed E-state index contributed by atoms with van der Waals surface area (Å²) in [7, 11) is 1.64. The zero-order valence-corrected chi connectivity index (χ0v) is 18.8. The molecule has 0 radical (unpaired) electrons. The minimum absolute atomic E-state index is 0.219. The second kappa shape index (κ2) is 8.96. The number of benzene rings is 3. The first-order valence-electron chi connectivity index (χ1n) is 10.7. The minimum atomic E-state index is -0.219. The van der Waals surface area contributed by atoms with Crippen LogP contribution >= 0.6 is 11.6 Å². The lowest BCUT2D eigenvalue weighted by Gasteiger charge is -2.10. The number of nitrogens with zero attached hydrogens (tertiary/aromatic N) is 1. The van der Waals surface area contributed by atoms with Crippen LogP contribution in [-0.4, -0.2) is 29.5 Å². The maximum atomic E-state index is 13.1. The van der Waals surface area contributed by atoms with Gasteiger partial charge in [0.2, 0.25) is 0 Å². The molecule has 0 aliphatic rings. The van der Waals surface area contributed by atoms with Crippen LogP contribution in [-0.2, 0) is 6.42 Å². The Balaban J connectivity index is 1.49. The Kier molecular flexibility index (Phi) is 5.71. The van der Waals surface area contributed by atoms with E-state index in [-0.39, 0.29) is 5.91 Å². The van der Waals surface area contributed by atoms with E-state index < -0.39 is 0 Å². The number of para-hydroxylation sites is 1. The minimum Gasteiger partial charge on any atom is -0.497 e. The Bertz CT molecular complexity index is 1460. The highest BCUT2D eigenvalue weighted by atomic mass is 35.5. The maximum absolute atomic E-state index is 13.1. The van der Waals surface area contributed by atoms with Gasteiger partial charge in [-0.05, 0) is 42.3 Å². The predicted molar refractivity (Wildman–Crippen MR) is 133 cm³/mol. The van der Waals surface area contributed by atoms with Gasteiger partial charge in [-0.3, -0.25) is 4.79 Å². The number of nitrogens with one attached hydrogen (secondary N) is 2. The molecule has 5 rings (SSSR count). The molecular weight excluding hydrogens is 434 g/mol. The number of hydrogen-bond acceptors (Lipinski definition) is 3. The number of ether oxygens (including phenoxy) is 1. The predicted octanol–water partition coefficient (Wildman–Crippen LogP) is 6.02. The van der Waals surface area contributed by atoms with Crippen LogP contribution in [0.25, 0.3) is 33.1 Å². The molecule has 6 heteroatoms. The van der Waals surface area contributed by atoms with Gasteiger partial charge in [0, 0.05) is 28.4 Å². The van der Waals surface area contributed by atoms with Gasteiger partial charge < -0.3 is 15.0 Å². The number of hydrogen-bond donors (Lipinski definition) is 2. The van der Waals surface area contributed by atoms with Crippen molar-refractivity contribution >= 4 is 39.3 Å². The highest BCUT2D eigenvalue weighted by Gasteiger charge is 2.18. The third kappa shape index (κ3) is 4.15. The fourth-order valence-electron chi connectivity index (χ4n) is 4.01. The highest BCUT2D eigenvalue weighted by molar-refractivity contribution is 6.33. The van der Waals surface area contributed by atoms with Crippen molar-refractivity contribution in [2.75, 3.05) is 13.7 Å². The number of methoxy groups -OCH3 is 1. The number of carbonyl (C=O) groups excluding carboxylic acids is 1. The van der Waals surface area contributed by atoms with Gasteiger partial charge in [-0.15, -0.1) is 0 Å². The maximum Gasteiger partial charge on any atom is 0.269 e. The Morgan fingerprint density at radius 1 is 1.00 bits per heavy atom. The number of aromatic amines is 1. The summed E-state index contributed by atoms with van der Waals surface area (Å²) < 4.78 is 5.19. The number of aromatic nitrogens is 2. The summed E-state index contributed by atoms with van der Waals surface area (Å²) in [6.07, 6.45) is 0.711. The van der Waals surface area contributed by atoms with E-state index >= 15 is 0 Å². The van der Waals surface area contributed by atoms with Gasteiger partial charge in [-0.25, -0.2) is 4.98 Å². The monoisotopic (exact) mass is 455 g/mol. The standard InChI is InChI=1S/C27H22ClN3O2/c1-33-18-12-10-17(11-13-18)14-15-29-27(32)24-16-21-19-6-3-5-9-23(19)30-26(21)25(31-24)20-7-2-4-8-22(20)28/h2-13,16,30H,14-15H2,1H3,(H,29,32). The van der Waals surface area contributed by atoms with Gasteiger partial charge >= 0.3 is 0 Å². The van der Waals surface area contributed by atoms with Crippen LogP contribution in [0.4, 0.5) is 0 Å². The summed E-state index contributed by atoms with van der Waals surface area (Å²) in [6.45, 7) is 0.500. The summed E-state index contributed by atoms with van der Waals surface area (Å²) in [5.74, 6) is 0.593. The Morgan fingerprint density at radius 2 is 1.76 bits per heavy atom. The summed E-state index contributed by atoms with van der Waals surface area (Å²) in [6, 6.07) is 25.2. The number of rotatable bonds is 6. The summed E-state index contributed by atoms with van der Waals surface area (Å²) >= 11 is 6.50. The van der Waals surface area contributed by atoms with Crippen LogP contribution in [0, 0.1) is 0 Å². The number of H-pyrrole nitrogens is 1. The second-order valence-corrected chi connectivity index (χ2v) is 8.19. The van der Waals surface area contributed by atoms with E-state index in [2.05, 4.69) is 10.3 Å². The van der Waals surface area contributed by atoms with Crippen molar-refractivity contribution in [1.29, 1.82) is 0 Å². The topological polar surface area (TPSA) is 67.0 Å². The van der Waals surface area contributed by atoms with Gasteiger partial charge in [-0.2, -0.15) is 0 Å². The van der Waals surface area contributed by atoms with E-state index in [1.54, 1.807) is 7.11 Å². The van der Waals surface area contributed by atoms with Crippen molar-refractivity contribution in [1.82, 2.24) is 15.3 Å². The molecule has 0 fully saturated rings. The van der Waals surface area contributed by atoms with Crippen LogP contribution in [0.2, 0.25) is 5.02 Å². The third-order valence-electron chi connectivity index (χ3n) is 5.72. The van der Waals surface area contributed by atoms with Gasteiger partial charge in [0.1, 0.15) is 11.4 Å². The Hall–Kier alpha value is -3.83. The van der Waals surface area contributed by atoms with Gasteiger partial charge in [0.15, 0.2) is 0 Å². The Labute approximate surface area is 196 Å². The molecule has 3 aromatic carbocycles. The first-order chi connectivity index (χ1) is 16.1. The molecule has 33 heavy (non-hydrogen) atoms. The summed E-state index contributed by atoms with van der Waals surface area (Å²) in [5.41, 5.74) is 4.77. The molecule has 0 spiro atoms. The molecule has 2 heterocycles. The number of fused-ring (bicyclic) bond motifs is 3. The van der Waals surface area contributed by atoms with Crippen molar-refractivity contribution in [3.63, 3.8) is 0 Å². The van der Waals surface area contributed by atoms with Crippen molar-refractivity contribution in [2.45, 2.75) is 6.42 Å². The van der Waals surface area contributed by atoms with Crippen molar-refractivity contribution in [3.8, 4) is 17.0 Å². The van der Waals surface area contributed by atoms with E-state index in [1.807, 2.05) is 78.9 Å². The lowest BCUT2D eigenvalue weighted by atomic mass is 10.1. The molecule has 2 aromatic heterocycles. The lowest BCUT2D eigenvalue weighted by molar-refractivity contribution is 0.0949. The summed E-state index contributed by atoms with van der Waals surface area (Å²) in [4.78, 5) is 21.2. The molecule has 0 atom stereocenters. The fraction of sp³-hybridized carbons (Fsp3) is 0.111. The molecule has 0 bridgehead atoms. The molecule has 0 aliphatic carbocycles. The fourth-order valence-corrected chi connectivity index (χ4v) is 4.24. The average Bonchev–Trinajstić information content (AvgIpc) is 3.23. The van der Waals surface area contributed by atoms with E-state index in [4.69, 9.17) is 21.3 Å². The molecule has 0 unspecified atom stereocenters. The quantitative estimate of drug-likeness (QED) is 0.329. The van der Waals surface area contributed by atoms with E-state index in [1.165, 1.54) is 0 Å². The largest absolute Gasteiger partial charge is 0.497 e. The number of amides is 1. The molecule has 1 amide bonds. The Morgan fingerprint density at radius 3 is 2.55 bits per heavy atom. The van der Waals surface area contributed by atoms with E-state index in [0.29, 0.717) is 29.4 Å². The van der Waals surface area contributed by atoms with Crippen LogP contribution in [0.15, 0.2) is 78.9 Å². The average molecular weight is 456 g/mol. The molecule has 0 saturated heterocycles. The molecule has 2 N–H and O–H groups in total. The molecule has 164 valence electrons. The summed E-state index contributed by atoms with van der Waals surface area (Å²) in [5, 5.41) is 5.56. The normalized spacial score (nSPS) is 11.1. The smallest absolute Gasteiger partial charge is 0.269 e. The van der Waals surface area contributed by atoms with Crippen molar-refractivity contribution < 1.29 is 9.53 Å². The van der Waals surface area contributed by atoms with Crippen LogP contribution in [0.5, 0.6) is 5.75 Å². The number of pyridine rings is 1. The number of halogens is 1. The van der Waals surface area contributed by atoms with Gasteiger partial charge in [-0.1, -0.05) is 60.1 Å². The van der Waals surface area contributed by atoms with Crippen LogP contribution < -0.4 is 10.1 Å². The first-order valence-corrected chi connectivity index (χ1v) is 11.1.